The van der Waals surface area contributed by atoms with Crippen LogP contribution < -0.4 is 9.30 Å². The first-order valence-electron chi connectivity index (χ1n) is 17.4. The van der Waals surface area contributed by atoms with E-state index in [0.717, 1.165) is 49.8 Å². The van der Waals surface area contributed by atoms with Crippen LogP contribution >= 0.6 is 0 Å². The minimum absolute atomic E-state index is 0.150. The number of fused-ring (bicyclic) bond motifs is 6. The Morgan fingerprint density at radius 1 is 0.696 bits per heavy atom. The molecule has 1 aromatic heterocycles. The van der Waals surface area contributed by atoms with Crippen LogP contribution in [0.5, 0.6) is 5.75 Å². The van der Waals surface area contributed by atoms with Gasteiger partial charge in [0.1, 0.15) is 17.2 Å². The standard InChI is InChI=1S/C40H47NO4S/c1-3-4-5-6-7-8-9-10-11-16-27-41-39-32-19-14-12-17-29(32)21-24-34(39)38(31-23-26-36(45-2)37(28-31)46(42,43)44)35-25-22-30-18-13-15-20-33(30)40(35)41/h12-15,17-20,23,26,28H,3-11,16,21-22,24-25,27H2,1-2H3/p+1. The van der Waals surface area contributed by atoms with Crippen LogP contribution in [0.4, 0.5) is 0 Å². The number of hydrogen-bond acceptors (Lipinski definition) is 3. The predicted octanol–water partition coefficient (Wildman–Crippen LogP) is 9.35. The molecule has 0 atom stereocenters. The lowest BCUT2D eigenvalue weighted by atomic mass is 9.77. The Morgan fingerprint density at radius 2 is 1.22 bits per heavy atom. The van der Waals surface area contributed by atoms with Gasteiger partial charge in [0.05, 0.1) is 7.11 Å². The molecule has 0 saturated carbocycles. The summed E-state index contributed by atoms with van der Waals surface area (Å²) in [6, 6.07) is 22.8. The van der Waals surface area contributed by atoms with Gasteiger partial charge in [-0.15, -0.1) is 0 Å². The summed E-state index contributed by atoms with van der Waals surface area (Å²) in [5, 5.41) is 0. The Bertz CT molecular complexity index is 1730. The van der Waals surface area contributed by atoms with E-state index in [-0.39, 0.29) is 10.6 Å². The zero-order valence-electron chi connectivity index (χ0n) is 27.5. The second kappa shape index (κ2) is 14.5. The molecular weight excluding hydrogens is 591 g/mol. The quantitative estimate of drug-likeness (QED) is 0.0849. The van der Waals surface area contributed by atoms with E-state index in [9.17, 15) is 13.0 Å². The summed E-state index contributed by atoms with van der Waals surface area (Å²) in [5.41, 5.74) is 12.2. The number of nitrogens with zero attached hydrogens (tertiary/aromatic N) is 1. The fourth-order valence-corrected chi connectivity index (χ4v) is 8.46. The number of benzene rings is 3. The third-order valence-corrected chi connectivity index (χ3v) is 10.9. The summed E-state index contributed by atoms with van der Waals surface area (Å²) in [7, 11) is -3.05. The van der Waals surface area contributed by atoms with Gasteiger partial charge in [-0.1, -0.05) is 101 Å². The van der Waals surface area contributed by atoms with Gasteiger partial charge in [-0.2, -0.15) is 13.0 Å². The first-order chi connectivity index (χ1) is 22.4. The highest BCUT2D eigenvalue weighted by atomic mass is 32.2. The fourth-order valence-electron chi connectivity index (χ4n) is 7.78. The second-order valence-corrected chi connectivity index (χ2v) is 14.4. The molecule has 5 nitrogen and oxygen atoms in total. The van der Waals surface area contributed by atoms with Crippen LogP contribution in [0.2, 0.25) is 0 Å². The van der Waals surface area contributed by atoms with Crippen LogP contribution in [-0.2, 0) is 42.3 Å². The largest absolute Gasteiger partial charge is 0.495 e. The molecule has 0 radical (unpaired) electrons. The summed E-state index contributed by atoms with van der Waals surface area (Å²) < 4.78 is 43.1. The Hall–Kier alpha value is -3.48. The molecule has 0 unspecified atom stereocenters. The minimum Gasteiger partial charge on any atom is -0.495 e. The van der Waals surface area contributed by atoms with E-state index < -0.39 is 10.1 Å². The van der Waals surface area contributed by atoms with Gasteiger partial charge in [-0.3, -0.25) is 4.55 Å². The number of pyridine rings is 1. The molecule has 0 bridgehead atoms. The Labute approximate surface area is 275 Å². The van der Waals surface area contributed by atoms with Crippen molar-refractivity contribution < 1.29 is 22.3 Å². The van der Waals surface area contributed by atoms with Crippen molar-refractivity contribution in [2.75, 3.05) is 7.11 Å². The summed E-state index contributed by atoms with van der Waals surface area (Å²) in [6.07, 6.45) is 16.6. The maximum absolute atomic E-state index is 12.5. The SMILES string of the molecule is CCCCCCCCCCCC[n+]1c2c(c(-c3ccc(OC)c(S(=O)(=O)O)c3)c3c1-c1ccccc1CC3)CCc1ccccc1-2. The van der Waals surface area contributed by atoms with Crippen molar-refractivity contribution in [2.24, 2.45) is 0 Å². The second-order valence-electron chi connectivity index (χ2n) is 13.0. The smallest absolute Gasteiger partial charge is 0.298 e. The molecule has 0 aliphatic heterocycles. The van der Waals surface area contributed by atoms with Crippen LogP contribution in [0, 0.1) is 0 Å². The summed E-state index contributed by atoms with van der Waals surface area (Å²) >= 11 is 0. The van der Waals surface area contributed by atoms with Crippen LogP contribution in [0.3, 0.4) is 0 Å². The number of methoxy groups -OCH3 is 1. The monoisotopic (exact) mass is 638 g/mol. The number of unbranched alkanes of at least 4 members (excludes halogenated alkanes) is 9. The first kappa shape index (κ1) is 32.5. The van der Waals surface area contributed by atoms with Gasteiger partial charge in [0.15, 0.2) is 0 Å². The molecule has 0 spiro atoms. The van der Waals surface area contributed by atoms with Gasteiger partial charge in [-0.05, 0) is 73.1 Å². The molecule has 242 valence electrons. The number of hydrogen-bond donors (Lipinski definition) is 1. The Balaban J connectivity index is 1.46. The molecule has 2 aliphatic carbocycles. The van der Waals surface area contributed by atoms with E-state index in [4.69, 9.17) is 4.74 Å². The van der Waals surface area contributed by atoms with Crippen LogP contribution in [0.1, 0.15) is 93.4 Å². The fraction of sp³-hybridized carbons (Fsp3) is 0.425. The molecule has 4 aromatic rings. The molecule has 0 saturated heterocycles. The van der Waals surface area contributed by atoms with Gasteiger partial charge >= 0.3 is 0 Å². The highest BCUT2D eigenvalue weighted by molar-refractivity contribution is 7.86. The van der Waals surface area contributed by atoms with E-state index in [1.54, 1.807) is 12.1 Å². The van der Waals surface area contributed by atoms with Gasteiger partial charge in [0.2, 0.25) is 11.4 Å². The summed E-state index contributed by atoms with van der Waals surface area (Å²) in [5.74, 6) is 0.150. The van der Waals surface area contributed by atoms with Crippen molar-refractivity contribution in [3.8, 4) is 39.4 Å². The van der Waals surface area contributed by atoms with Crippen molar-refractivity contribution in [3.05, 3.63) is 89.0 Å². The summed E-state index contributed by atoms with van der Waals surface area (Å²) in [4.78, 5) is -0.190. The lowest BCUT2D eigenvalue weighted by Gasteiger charge is -2.28. The number of aryl methyl sites for hydroxylation is 2. The van der Waals surface area contributed by atoms with E-state index in [1.165, 1.54) is 110 Å². The van der Waals surface area contributed by atoms with Crippen LogP contribution in [0.25, 0.3) is 33.6 Å². The van der Waals surface area contributed by atoms with E-state index in [0.29, 0.717) is 0 Å². The van der Waals surface area contributed by atoms with Crippen molar-refractivity contribution >= 4 is 10.1 Å². The lowest BCUT2D eigenvalue weighted by molar-refractivity contribution is -0.676. The molecule has 46 heavy (non-hydrogen) atoms. The Morgan fingerprint density at radius 3 is 1.74 bits per heavy atom. The molecule has 6 heteroatoms. The van der Waals surface area contributed by atoms with Gasteiger partial charge in [-0.25, -0.2) is 0 Å². The van der Waals surface area contributed by atoms with E-state index >= 15 is 0 Å². The van der Waals surface area contributed by atoms with Gasteiger partial charge < -0.3 is 4.74 Å². The maximum atomic E-state index is 12.5. The molecular formula is C40H48NO4S+. The molecule has 1 N–H and O–H groups in total. The molecule has 3 aromatic carbocycles. The average Bonchev–Trinajstić information content (AvgIpc) is 3.07. The van der Waals surface area contributed by atoms with Gasteiger partial charge in [0, 0.05) is 34.2 Å². The van der Waals surface area contributed by atoms with Crippen LogP contribution in [0.15, 0.2) is 71.6 Å². The van der Waals surface area contributed by atoms with E-state index in [2.05, 4.69) is 60.0 Å². The highest BCUT2D eigenvalue weighted by Crippen LogP contribution is 2.45. The highest BCUT2D eigenvalue weighted by Gasteiger charge is 2.37. The van der Waals surface area contributed by atoms with Crippen molar-refractivity contribution in [3.63, 3.8) is 0 Å². The third-order valence-electron chi connectivity index (χ3n) is 10.0. The molecule has 6 rings (SSSR count). The van der Waals surface area contributed by atoms with Crippen molar-refractivity contribution in [1.82, 2.24) is 0 Å². The normalized spacial score (nSPS) is 13.5. The lowest BCUT2D eigenvalue weighted by Crippen LogP contribution is -2.43. The maximum Gasteiger partial charge on any atom is 0.298 e. The molecule has 2 aliphatic rings. The summed E-state index contributed by atoms with van der Waals surface area (Å²) in [6.45, 7) is 3.22. The number of rotatable bonds is 14. The van der Waals surface area contributed by atoms with Gasteiger partial charge in [0.25, 0.3) is 10.1 Å². The average molecular weight is 639 g/mol. The zero-order valence-corrected chi connectivity index (χ0v) is 28.3. The number of aromatic nitrogens is 1. The van der Waals surface area contributed by atoms with Crippen LogP contribution in [-0.4, -0.2) is 20.1 Å². The first-order valence-corrected chi connectivity index (χ1v) is 18.8. The number of ether oxygens (including phenoxy) is 1. The predicted molar refractivity (Wildman–Crippen MR) is 186 cm³/mol. The molecule has 1 heterocycles. The third kappa shape index (κ3) is 6.65. The minimum atomic E-state index is -4.48. The zero-order chi connectivity index (χ0) is 32.1. The Kier molecular flexibility index (Phi) is 10.2. The molecule has 0 amide bonds. The van der Waals surface area contributed by atoms with E-state index in [1.807, 2.05) is 6.07 Å². The van der Waals surface area contributed by atoms with Crippen molar-refractivity contribution in [2.45, 2.75) is 108 Å². The topological polar surface area (TPSA) is 67.5 Å². The van der Waals surface area contributed by atoms with Crippen molar-refractivity contribution in [1.29, 1.82) is 0 Å². The molecule has 0 fully saturated rings.